The summed E-state index contributed by atoms with van der Waals surface area (Å²) in [5.74, 6) is 2.39. The minimum atomic E-state index is 0. The second-order valence-corrected chi connectivity index (χ2v) is 9.79. The van der Waals surface area contributed by atoms with Crippen molar-refractivity contribution >= 4 is 70.0 Å². The summed E-state index contributed by atoms with van der Waals surface area (Å²) in [6.45, 7) is 0. The number of H-pyrrole nitrogens is 2. The first-order chi connectivity index (χ1) is 19.8. The van der Waals surface area contributed by atoms with Gasteiger partial charge in [0.2, 0.25) is 0 Å². The zero-order valence-electron chi connectivity index (χ0n) is 21.4. The molecule has 4 aromatic carbocycles. The third-order valence-electron chi connectivity index (χ3n) is 7.46. The zero-order valence-corrected chi connectivity index (χ0v) is 21.4. The molecule has 4 N–H and O–H groups in total. The fourth-order valence-corrected chi connectivity index (χ4v) is 5.59. The fraction of sp³-hybridized carbons (Fsp3) is 0. The van der Waals surface area contributed by atoms with Crippen LogP contribution < -0.4 is 0 Å². The molecule has 0 fully saturated rings. The summed E-state index contributed by atoms with van der Waals surface area (Å²) in [6, 6.07) is 32.2. The van der Waals surface area contributed by atoms with E-state index in [0.717, 1.165) is 43.8 Å². The monoisotopic (exact) mass is 650 g/mol. The van der Waals surface area contributed by atoms with Gasteiger partial charge >= 0.3 is 25.8 Å². The Bertz CT molecular complexity index is 2040. The van der Waals surface area contributed by atoms with Gasteiger partial charge in [-0.2, -0.15) is 0 Å². The predicted molar refractivity (Wildman–Crippen MR) is 170 cm³/mol. The zero-order chi connectivity index (χ0) is 26.2. The van der Waals surface area contributed by atoms with Gasteiger partial charge in [-0.3, -0.25) is 0 Å². The van der Waals surface area contributed by atoms with E-state index in [-0.39, 0.29) is 31.3 Å². The van der Waals surface area contributed by atoms with E-state index >= 15 is 0 Å². The number of fused-ring (bicyclic) bond motifs is 20. The quantitative estimate of drug-likeness (QED) is 0.240. The molecule has 0 radical (unpaired) electrons. The van der Waals surface area contributed by atoms with Crippen molar-refractivity contribution in [3.63, 3.8) is 0 Å². The maximum atomic E-state index is 5.02. The Morgan fingerprint density at radius 1 is 0.333 bits per heavy atom. The molecule has 0 unspecified atom stereocenters. The summed E-state index contributed by atoms with van der Waals surface area (Å²) >= 11 is 0. The molecule has 0 amide bonds. The number of aromatic nitrogens is 8. The Kier molecular flexibility index (Phi) is 6.10. The Morgan fingerprint density at radius 2 is 0.571 bits per heavy atom. The molecule has 0 saturated heterocycles. The SMILES string of the molecule is O.[InH3].c1ccc2c(c1)-c1nc-2nc2[nH]c(nc3nc(nc4[nH]c(n1)c1ccccc41)-c1ccccc1-3)c1ccccc21. The van der Waals surface area contributed by atoms with Crippen LogP contribution in [0.3, 0.4) is 0 Å². The van der Waals surface area contributed by atoms with Crippen molar-refractivity contribution in [1.29, 1.82) is 0 Å². The standard InChI is InChI=1S/C32H18N8.In.H2O.3H/c1-2-10-18-17(9-1)25-33-26(18)38-28-21-13-5-6-14-22(21)30(35-28)40-32-24-16-8-7-15-23(24)31(36-32)39-29-20-12-4-3-11-19(20)27(34-29)37-25;;;;;/h1-16H,(H2,33,34,35,36,37,38,39,40);;1H2;;;. The van der Waals surface area contributed by atoms with Gasteiger partial charge in [-0.15, -0.1) is 0 Å². The van der Waals surface area contributed by atoms with Gasteiger partial charge in [-0.1, -0.05) is 97.1 Å². The van der Waals surface area contributed by atoms with E-state index in [2.05, 4.69) is 9.97 Å². The summed E-state index contributed by atoms with van der Waals surface area (Å²) in [5.41, 5.74) is 6.45. The third-order valence-corrected chi connectivity index (χ3v) is 7.46. The molecule has 0 atom stereocenters. The van der Waals surface area contributed by atoms with Crippen molar-refractivity contribution in [1.82, 2.24) is 39.9 Å². The molecule has 7 aromatic rings. The van der Waals surface area contributed by atoms with E-state index < -0.39 is 0 Å². The summed E-state index contributed by atoms with van der Waals surface area (Å²) in [6.07, 6.45) is 0. The van der Waals surface area contributed by atoms with Crippen LogP contribution in [0.1, 0.15) is 0 Å². The topological polar surface area (TPSA) is 140 Å². The first-order valence-corrected chi connectivity index (χ1v) is 13.0. The Labute approximate surface area is 256 Å². The summed E-state index contributed by atoms with van der Waals surface area (Å²) < 4.78 is 0. The molecule has 2 aliphatic heterocycles. The average molecular weight is 650 g/mol. The molecule has 42 heavy (non-hydrogen) atoms. The van der Waals surface area contributed by atoms with Crippen LogP contribution in [0.2, 0.25) is 0 Å². The molecule has 5 heterocycles. The van der Waals surface area contributed by atoms with Gasteiger partial charge in [-0.25, -0.2) is 29.9 Å². The molecule has 0 saturated carbocycles. The second-order valence-electron chi connectivity index (χ2n) is 9.79. The van der Waals surface area contributed by atoms with Crippen LogP contribution in [0.25, 0.3) is 89.7 Å². The van der Waals surface area contributed by atoms with Gasteiger partial charge in [0.15, 0.2) is 23.3 Å². The van der Waals surface area contributed by atoms with Crippen molar-refractivity contribution in [2.75, 3.05) is 0 Å². The molecule has 0 aliphatic carbocycles. The van der Waals surface area contributed by atoms with E-state index in [1.165, 1.54) is 0 Å². The van der Waals surface area contributed by atoms with E-state index in [4.69, 9.17) is 29.9 Å². The van der Waals surface area contributed by atoms with E-state index in [9.17, 15) is 0 Å². The van der Waals surface area contributed by atoms with E-state index in [1.54, 1.807) is 0 Å². The van der Waals surface area contributed by atoms with Crippen molar-refractivity contribution in [3.8, 4) is 45.6 Å². The summed E-state index contributed by atoms with van der Waals surface area (Å²) in [5, 5.41) is 3.82. The van der Waals surface area contributed by atoms with Crippen LogP contribution in [0.5, 0.6) is 0 Å². The second kappa shape index (κ2) is 9.86. The number of hydrogen-bond donors (Lipinski definition) is 2. The third kappa shape index (κ3) is 3.83. The maximum absolute atomic E-state index is 5.02. The van der Waals surface area contributed by atoms with Crippen LogP contribution in [0.4, 0.5) is 0 Å². The molecule has 10 heteroatoms. The van der Waals surface area contributed by atoms with Gasteiger partial charge in [0.25, 0.3) is 0 Å². The van der Waals surface area contributed by atoms with Gasteiger partial charge < -0.3 is 15.4 Å². The molecule has 9 rings (SSSR count). The average Bonchev–Trinajstić information content (AvgIpc) is 3.73. The summed E-state index contributed by atoms with van der Waals surface area (Å²) in [7, 11) is 0. The normalized spacial score (nSPS) is 11.4. The molecular formula is C32H23InN8O. The maximum Gasteiger partial charge on any atom is 0.164 e. The number of nitrogens with zero attached hydrogens (tertiary/aromatic N) is 6. The molecule has 9 nitrogen and oxygen atoms in total. The van der Waals surface area contributed by atoms with E-state index in [1.807, 2.05) is 97.1 Å². The van der Waals surface area contributed by atoms with Crippen LogP contribution in [0.15, 0.2) is 97.1 Å². The van der Waals surface area contributed by atoms with Gasteiger partial charge in [0.05, 0.1) is 0 Å². The number of aromatic amines is 2. The summed E-state index contributed by atoms with van der Waals surface area (Å²) in [4.78, 5) is 36.8. The number of rotatable bonds is 0. The number of nitrogens with one attached hydrogen (secondary N) is 2. The fourth-order valence-electron chi connectivity index (χ4n) is 5.59. The van der Waals surface area contributed by atoms with Gasteiger partial charge in [0, 0.05) is 43.8 Å². The van der Waals surface area contributed by atoms with Crippen molar-refractivity contribution < 1.29 is 5.48 Å². The first-order valence-electron chi connectivity index (χ1n) is 13.0. The molecular weight excluding hydrogens is 627 g/mol. The van der Waals surface area contributed by atoms with Crippen molar-refractivity contribution in [2.45, 2.75) is 0 Å². The van der Waals surface area contributed by atoms with Crippen LogP contribution in [-0.4, -0.2) is 71.2 Å². The molecule has 3 aromatic heterocycles. The van der Waals surface area contributed by atoms with E-state index in [0.29, 0.717) is 45.9 Å². The molecule has 8 bridgehead atoms. The molecule has 0 spiro atoms. The number of benzene rings is 4. The minimum absolute atomic E-state index is 0. The van der Waals surface area contributed by atoms with Gasteiger partial charge in [-0.05, 0) is 0 Å². The first kappa shape index (κ1) is 26.0. The van der Waals surface area contributed by atoms with Crippen LogP contribution in [0, 0.1) is 0 Å². The largest absolute Gasteiger partial charge is 0.324 e. The van der Waals surface area contributed by atoms with Gasteiger partial charge in [0.1, 0.15) is 22.6 Å². The Balaban J connectivity index is 0.00000144. The van der Waals surface area contributed by atoms with Crippen molar-refractivity contribution in [2.24, 2.45) is 0 Å². The van der Waals surface area contributed by atoms with Crippen LogP contribution >= 0.6 is 0 Å². The number of hydrogen-bond acceptors (Lipinski definition) is 6. The predicted octanol–water partition coefficient (Wildman–Crippen LogP) is 4.86. The van der Waals surface area contributed by atoms with Crippen molar-refractivity contribution in [3.05, 3.63) is 97.1 Å². The smallest absolute Gasteiger partial charge is 0.164 e. The Hall–Kier alpha value is -4.93. The molecule has 2 aliphatic rings. The van der Waals surface area contributed by atoms with Crippen LogP contribution in [-0.2, 0) is 0 Å². The Morgan fingerprint density at radius 3 is 0.833 bits per heavy atom. The minimum Gasteiger partial charge on any atom is -0.324 e. The molecule has 200 valence electrons.